The van der Waals surface area contributed by atoms with Gasteiger partial charge in [-0.05, 0) is 18.9 Å². The first-order valence-corrected chi connectivity index (χ1v) is 6.42. The number of benzene rings is 1. The molecule has 1 saturated heterocycles. The van der Waals surface area contributed by atoms with Gasteiger partial charge in [-0.2, -0.15) is 0 Å². The van der Waals surface area contributed by atoms with Gasteiger partial charge in [-0.25, -0.2) is 4.39 Å². The SMILES string of the molecule is C#CCN1CCC(NCc2ccccc2F)CC1. The van der Waals surface area contributed by atoms with E-state index in [0.717, 1.165) is 38.0 Å². The molecule has 0 bridgehead atoms. The Labute approximate surface area is 108 Å². The Kier molecular flexibility index (Phi) is 4.74. The zero-order valence-corrected chi connectivity index (χ0v) is 10.5. The van der Waals surface area contributed by atoms with Crippen molar-refractivity contribution in [2.45, 2.75) is 25.4 Å². The molecule has 0 saturated carbocycles. The van der Waals surface area contributed by atoms with Crippen molar-refractivity contribution >= 4 is 0 Å². The number of likely N-dealkylation sites (tertiary alicyclic amines) is 1. The summed E-state index contributed by atoms with van der Waals surface area (Å²) >= 11 is 0. The summed E-state index contributed by atoms with van der Waals surface area (Å²) in [6, 6.07) is 7.40. The molecular weight excluding hydrogens is 227 g/mol. The highest BCUT2D eigenvalue weighted by Gasteiger charge is 2.18. The summed E-state index contributed by atoms with van der Waals surface area (Å²) in [5, 5.41) is 3.42. The van der Waals surface area contributed by atoms with Crippen LogP contribution in [0.15, 0.2) is 24.3 Å². The Hall–Kier alpha value is -1.37. The number of terminal acetylenes is 1. The van der Waals surface area contributed by atoms with E-state index in [1.807, 2.05) is 12.1 Å². The molecule has 1 aromatic carbocycles. The molecule has 1 aliphatic rings. The smallest absolute Gasteiger partial charge is 0.127 e. The minimum Gasteiger partial charge on any atom is -0.310 e. The van der Waals surface area contributed by atoms with Crippen molar-refractivity contribution < 1.29 is 4.39 Å². The molecule has 0 amide bonds. The van der Waals surface area contributed by atoms with Crippen LogP contribution in [0.25, 0.3) is 0 Å². The second kappa shape index (κ2) is 6.53. The lowest BCUT2D eigenvalue weighted by Crippen LogP contribution is -2.42. The van der Waals surface area contributed by atoms with Crippen LogP contribution in [-0.4, -0.2) is 30.6 Å². The Balaban J connectivity index is 1.76. The standard InChI is InChI=1S/C15H19FN2/c1-2-9-18-10-7-14(8-11-18)17-12-13-5-3-4-6-15(13)16/h1,3-6,14,17H,7-12H2. The first-order chi connectivity index (χ1) is 8.79. The molecule has 1 N–H and O–H groups in total. The third-order valence-corrected chi connectivity index (χ3v) is 3.44. The van der Waals surface area contributed by atoms with Gasteiger partial charge < -0.3 is 5.32 Å². The number of nitrogens with zero attached hydrogens (tertiary/aromatic N) is 1. The van der Waals surface area contributed by atoms with Crippen molar-refractivity contribution in [3.05, 3.63) is 35.6 Å². The van der Waals surface area contributed by atoms with Crippen LogP contribution in [0.1, 0.15) is 18.4 Å². The molecule has 0 atom stereocenters. The van der Waals surface area contributed by atoms with E-state index in [-0.39, 0.29) is 5.82 Å². The van der Waals surface area contributed by atoms with Gasteiger partial charge in [0.1, 0.15) is 5.82 Å². The zero-order chi connectivity index (χ0) is 12.8. The highest BCUT2D eigenvalue weighted by atomic mass is 19.1. The van der Waals surface area contributed by atoms with Crippen LogP contribution in [0.4, 0.5) is 4.39 Å². The van der Waals surface area contributed by atoms with E-state index in [1.54, 1.807) is 6.07 Å². The maximum absolute atomic E-state index is 13.4. The lowest BCUT2D eigenvalue weighted by molar-refractivity contribution is 0.217. The van der Waals surface area contributed by atoms with Gasteiger partial charge in [0.25, 0.3) is 0 Å². The lowest BCUT2D eigenvalue weighted by Gasteiger charge is -2.31. The second-order valence-electron chi connectivity index (χ2n) is 4.73. The molecule has 0 unspecified atom stereocenters. The van der Waals surface area contributed by atoms with Crippen molar-refractivity contribution in [3.63, 3.8) is 0 Å². The molecular formula is C15H19FN2. The number of nitrogens with one attached hydrogen (secondary N) is 1. The minimum absolute atomic E-state index is 0.130. The average molecular weight is 246 g/mol. The first kappa shape index (κ1) is 13.1. The maximum Gasteiger partial charge on any atom is 0.127 e. The number of hydrogen-bond donors (Lipinski definition) is 1. The fourth-order valence-corrected chi connectivity index (χ4v) is 2.32. The van der Waals surface area contributed by atoms with E-state index < -0.39 is 0 Å². The molecule has 0 spiro atoms. The topological polar surface area (TPSA) is 15.3 Å². The predicted octanol–water partition coefficient (Wildman–Crippen LogP) is 2.01. The Morgan fingerprint density at radius 2 is 2.06 bits per heavy atom. The van der Waals surface area contributed by atoms with Crippen molar-refractivity contribution in [1.82, 2.24) is 10.2 Å². The highest BCUT2D eigenvalue weighted by molar-refractivity contribution is 5.17. The van der Waals surface area contributed by atoms with Crippen molar-refractivity contribution in [3.8, 4) is 12.3 Å². The zero-order valence-electron chi connectivity index (χ0n) is 10.5. The number of hydrogen-bond acceptors (Lipinski definition) is 2. The summed E-state index contributed by atoms with van der Waals surface area (Å²) in [5.41, 5.74) is 0.739. The van der Waals surface area contributed by atoms with Crippen molar-refractivity contribution in [2.75, 3.05) is 19.6 Å². The third kappa shape index (κ3) is 3.56. The Morgan fingerprint density at radius 3 is 2.72 bits per heavy atom. The normalized spacial score (nSPS) is 17.6. The van der Waals surface area contributed by atoms with E-state index >= 15 is 0 Å². The van der Waals surface area contributed by atoms with Gasteiger partial charge in [0.2, 0.25) is 0 Å². The quantitative estimate of drug-likeness (QED) is 0.818. The summed E-state index contributed by atoms with van der Waals surface area (Å²) < 4.78 is 13.4. The van der Waals surface area contributed by atoms with Gasteiger partial charge in [-0.3, -0.25) is 4.90 Å². The summed E-state index contributed by atoms with van der Waals surface area (Å²) in [6.45, 7) is 3.39. The van der Waals surface area contributed by atoms with E-state index in [9.17, 15) is 4.39 Å². The summed E-state index contributed by atoms with van der Waals surface area (Å²) in [7, 11) is 0. The molecule has 1 aromatic rings. The first-order valence-electron chi connectivity index (χ1n) is 6.42. The summed E-state index contributed by atoms with van der Waals surface area (Å²) in [6.07, 6.45) is 7.46. The van der Waals surface area contributed by atoms with Crippen LogP contribution in [0.2, 0.25) is 0 Å². The largest absolute Gasteiger partial charge is 0.310 e. The average Bonchev–Trinajstić information content (AvgIpc) is 2.40. The van der Waals surface area contributed by atoms with Gasteiger partial charge in [0.05, 0.1) is 6.54 Å². The fraction of sp³-hybridized carbons (Fsp3) is 0.467. The number of rotatable bonds is 4. The monoisotopic (exact) mass is 246 g/mol. The van der Waals surface area contributed by atoms with Gasteiger partial charge in [-0.1, -0.05) is 24.1 Å². The molecule has 0 aromatic heterocycles. The highest BCUT2D eigenvalue weighted by Crippen LogP contribution is 2.12. The van der Waals surface area contributed by atoms with Crippen molar-refractivity contribution in [1.29, 1.82) is 0 Å². The summed E-state index contributed by atoms with van der Waals surface area (Å²) in [5.74, 6) is 2.54. The fourth-order valence-electron chi connectivity index (χ4n) is 2.32. The predicted molar refractivity (Wildman–Crippen MR) is 71.5 cm³/mol. The van der Waals surface area contributed by atoms with Crippen LogP contribution in [0, 0.1) is 18.2 Å². The molecule has 1 fully saturated rings. The van der Waals surface area contributed by atoms with E-state index in [1.165, 1.54) is 6.07 Å². The number of piperidine rings is 1. The summed E-state index contributed by atoms with van der Waals surface area (Å²) in [4.78, 5) is 2.28. The minimum atomic E-state index is -0.130. The van der Waals surface area contributed by atoms with Crippen molar-refractivity contribution in [2.24, 2.45) is 0 Å². The van der Waals surface area contributed by atoms with Gasteiger partial charge in [0.15, 0.2) is 0 Å². The molecule has 1 heterocycles. The van der Waals surface area contributed by atoms with Gasteiger partial charge >= 0.3 is 0 Å². The van der Waals surface area contributed by atoms with Crippen LogP contribution in [0.3, 0.4) is 0 Å². The Morgan fingerprint density at radius 1 is 1.33 bits per heavy atom. The Bertz CT molecular complexity index is 417. The van der Waals surface area contributed by atoms with E-state index in [0.29, 0.717) is 12.6 Å². The molecule has 3 heteroatoms. The molecule has 1 aliphatic heterocycles. The molecule has 2 rings (SSSR count). The van der Waals surface area contributed by atoms with E-state index in [2.05, 4.69) is 16.1 Å². The molecule has 2 nitrogen and oxygen atoms in total. The third-order valence-electron chi connectivity index (χ3n) is 3.44. The van der Waals surface area contributed by atoms with E-state index in [4.69, 9.17) is 6.42 Å². The lowest BCUT2D eigenvalue weighted by atomic mass is 10.0. The second-order valence-corrected chi connectivity index (χ2v) is 4.73. The van der Waals surface area contributed by atoms with Crippen LogP contribution in [0.5, 0.6) is 0 Å². The van der Waals surface area contributed by atoms with Crippen LogP contribution in [-0.2, 0) is 6.54 Å². The van der Waals surface area contributed by atoms with Crippen LogP contribution < -0.4 is 5.32 Å². The molecule has 18 heavy (non-hydrogen) atoms. The van der Waals surface area contributed by atoms with Gasteiger partial charge in [-0.15, -0.1) is 6.42 Å². The maximum atomic E-state index is 13.4. The van der Waals surface area contributed by atoms with Crippen LogP contribution >= 0.6 is 0 Å². The van der Waals surface area contributed by atoms with Gasteiger partial charge in [0, 0.05) is 31.2 Å². The molecule has 0 radical (unpaired) electrons. The number of halogens is 1. The molecule has 0 aliphatic carbocycles. The molecule has 96 valence electrons.